The van der Waals surface area contributed by atoms with Gasteiger partial charge in [0.2, 0.25) is 5.91 Å². The van der Waals surface area contributed by atoms with Gasteiger partial charge >= 0.3 is 0 Å². The number of ether oxygens (including phenoxy) is 2. The minimum atomic E-state index is -0.0247. The minimum absolute atomic E-state index is 0.0247. The Balaban J connectivity index is 0.000000296. The molecule has 2 aromatic rings. The molecule has 0 saturated heterocycles. The molecule has 5 heteroatoms. The highest BCUT2D eigenvalue weighted by Gasteiger charge is 2.03. The van der Waals surface area contributed by atoms with Crippen LogP contribution in [0.5, 0.6) is 11.5 Å². The number of nitrogens with one attached hydrogen (secondary N) is 1. The standard InChI is InChI=1S/C13H19NO2.C11H17NO/c1-3-4-9-16-13-8-6-5-7-12(13)10-14-11(2)15;1-2-3-8-13-11-7-5-4-6-10(11)9-12/h5-8H,3-4,9-10H2,1-2H3,(H,14,15);4-7H,2-3,8-9,12H2,1H3. The molecule has 0 saturated carbocycles. The number of rotatable bonds is 11. The summed E-state index contributed by atoms with van der Waals surface area (Å²) in [5.41, 5.74) is 7.68. The molecule has 0 spiro atoms. The van der Waals surface area contributed by atoms with Crippen LogP contribution in [0.15, 0.2) is 48.5 Å². The van der Waals surface area contributed by atoms with Crippen molar-refractivity contribution in [1.82, 2.24) is 5.32 Å². The maximum Gasteiger partial charge on any atom is 0.217 e. The van der Waals surface area contributed by atoms with Crippen LogP contribution in [0.25, 0.3) is 0 Å². The summed E-state index contributed by atoms with van der Waals surface area (Å²) in [6.07, 6.45) is 4.42. The summed E-state index contributed by atoms with van der Waals surface area (Å²) in [5.74, 6) is 1.77. The first-order valence-corrected chi connectivity index (χ1v) is 10.5. The van der Waals surface area contributed by atoms with Gasteiger partial charge in [-0.2, -0.15) is 0 Å². The van der Waals surface area contributed by atoms with Crippen LogP contribution in [-0.4, -0.2) is 19.1 Å². The molecule has 1 amide bonds. The van der Waals surface area contributed by atoms with Gasteiger partial charge in [0.25, 0.3) is 0 Å². The van der Waals surface area contributed by atoms with E-state index in [1.165, 1.54) is 6.92 Å². The van der Waals surface area contributed by atoms with Gasteiger partial charge in [-0.05, 0) is 25.0 Å². The zero-order valence-electron chi connectivity index (χ0n) is 18.1. The lowest BCUT2D eigenvalue weighted by atomic mass is 10.2. The minimum Gasteiger partial charge on any atom is -0.493 e. The Morgan fingerprint density at radius 2 is 1.34 bits per heavy atom. The predicted molar refractivity (Wildman–Crippen MR) is 119 cm³/mol. The second kappa shape index (κ2) is 15.4. The van der Waals surface area contributed by atoms with Crippen molar-refractivity contribution < 1.29 is 14.3 Å². The Hall–Kier alpha value is -2.53. The third-order valence-electron chi connectivity index (χ3n) is 4.20. The van der Waals surface area contributed by atoms with Crippen LogP contribution in [-0.2, 0) is 17.9 Å². The number of hydrogen-bond donors (Lipinski definition) is 2. The summed E-state index contributed by atoms with van der Waals surface area (Å²) < 4.78 is 11.2. The fourth-order valence-electron chi connectivity index (χ4n) is 2.48. The molecule has 0 radical (unpaired) electrons. The maximum atomic E-state index is 10.8. The number of carbonyl (C=O) groups is 1. The summed E-state index contributed by atoms with van der Waals surface area (Å²) in [4.78, 5) is 10.8. The average molecular weight is 401 g/mol. The number of unbranched alkanes of at least 4 members (excludes halogenated alkanes) is 2. The molecule has 3 N–H and O–H groups in total. The van der Waals surface area contributed by atoms with Gasteiger partial charge in [-0.25, -0.2) is 0 Å². The zero-order chi connectivity index (χ0) is 21.3. The van der Waals surface area contributed by atoms with E-state index >= 15 is 0 Å². The SMILES string of the molecule is CCCCOc1ccccc1CN.CCCCOc1ccccc1CNC(C)=O. The number of para-hydroxylation sites is 2. The van der Waals surface area contributed by atoms with Gasteiger partial charge < -0.3 is 20.5 Å². The van der Waals surface area contributed by atoms with Crippen LogP contribution in [0.4, 0.5) is 0 Å². The molecule has 160 valence electrons. The first-order chi connectivity index (χ1) is 14.1. The Morgan fingerprint density at radius 1 is 0.862 bits per heavy atom. The Bertz CT molecular complexity index is 704. The topological polar surface area (TPSA) is 73.6 Å². The fourth-order valence-corrected chi connectivity index (χ4v) is 2.48. The Morgan fingerprint density at radius 3 is 1.83 bits per heavy atom. The third-order valence-corrected chi connectivity index (χ3v) is 4.20. The molecule has 0 aliphatic rings. The van der Waals surface area contributed by atoms with Gasteiger partial charge in [-0.3, -0.25) is 4.79 Å². The number of amides is 1. The van der Waals surface area contributed by atoms with Crippen LogP contribution in [0.3, 0.4) is 0 Å². The summed E-state index contributed by atoms with van der Waals surface area (Å²) in [7, 11) is 0. The van der Waals surface area contributed by atoms with Crippen molar-refractivity contribution in [3.8, 4) is 11.5 Å². The van der Waals surface area contributed by atoms with Crippen molar-refractivity contribution in [3.63, 3.8) is 0 Å². The number of nitrogens with two attached hydrogens (primary N) is 1. The first kappa shape index (κ1) is 24.5. The largest absolute Gasteiger partial charge is 0.493 e. The molecule has 0 bridgehead atoms. The molecule has 2 aromatic carbocycles. The van der Waals surface area contributed by atoms with Crippen LogP contribution >= 0.6 is 0 Å². The molecule has 0 heterocycles. The summed E-state index contributed by atoms with van der Waals surface area (Å²) in [6, 6.07) is 15.7. The van der Waals surface area contributed by atoms with Crippen molar-refractivity contribution in [1.29, 1.82) is 0 Å². The van der Waals surface area contributed by atoms with Crippen molar-refractivity contribution in [2.45, 2.75) is 59.5 Å². The predicted octanol–water partition coefficient (Wildman–Crippen LogP) is 4.83. The molecule has 0 unspecified atom stereocenters. The highest BCUT2D eigenvalue weighted by Crippen LogP contribution is 2.18. The molecule has 0 atom stereocenters. The van der Waals surface area contributed by atoms with Gasteiger partial charge in [0.1, 0.15) is 11.5 Å². The first-order valence-electron chi connectivity index (χ1n) is 10.5. The van der Waals surface area contributed by atoms with E-state index in [9.17, 15) is 4.79 Å². The van der Waals surface area contributed by atoms with E-state index in [2.05, 4.69) is 19.2 Å². The van der Waals surface area contributed by atoms with Crippen LogP contribution in [0, 0.1) is 0 Å². The van der Waals surface area contributed by atoms with Crippen molar-refractivity contribution in [2.24, 2.45) is 5.73 Å². The zero-order valence-corrected chi connectivity index (χ0v) is 18.1. The highest BCUT2D eigenvalue weighted by atomic mass is 16.5. The summed E-state index contributed by atoms with van der Waals surface area (Å²) >= 11 is 0. The van der Waals surface area contributed by atoms with E-state index in [4.69, 9.17) is 15.2 Å². The molecule has 5 nitrogen and oxygen atoms in total. The van der Waals surface area contributed by atoms with E-state index in [1.807, 2.05) is 48.5 Å². The summed E-state index contributed by atoms with van der Waals surface area (Å²) in [6.45, 7) is 8.38. The average Bonchev–Trinajstić information content (AvgIpc) is 2.74. The smallest absolute Gasteiger partial charge is 0.217 e. The lowest BCUT2D eigenvalue weighted by Gasteiger charge is -2.11. The normalized spacial score (nSPS) is 9.93. The number of hydrogen-bond acceptors (Lipinski definition) is 4. The highest BCUT2D eigenvalue weighted by molar-refractivity contribution is 5.72. The Labute approximate surface area is 175 Å². The fraction of sp³-hybridized carbons (Fsp3) is 0.458. The molecule has 29 heavy (non-hydrogen) atoms. The van der Waals surface area contributed by atoms with E-state index in [0.29, 0.717) is 13.1 Å². The monoisotopic (exact) mass is 400 g/mol. The number of benzene rings is 2. The second-order valence-electron chi connectivity index (χ2n) is 6.73. The van der Waals surface area contributed by atoms with Crippen molar-refractivity contribution in [2.75, 3.05) is 13.2 Å². The molecule has 0 aliphatic heterocycles. The van der Waals surface area contributed by atoms with Crippen molar-refractivity contribution in [3.05, 3.63) is 59.7 Å². The molecule has 0 aliphatic carbocycles. The van der Waals surface area contributed by atoms with Gasteiger partial charge in [-0.1, -0.05) is 63.1 Å². The van der Waals surface area contributed by atoms with Gasteiger partial charge in [-0.15, -0.1) is 0 Å². The lowest BCUT2D eigenvalue weighted by Crippen LogP contribution is -2.19. The van der Waals surface area contributed by atoms with E-state index in [-0.39, 0.29) is 5.91 Å². The molecule has 2 rings (SSSR count). The van der Waals surface area contributed by atoms with Crippen LogP contribution in [0.1, 0.15) is 57.6 Å². The van der Waals surface area contributed by atoms with E-state index in [0.717, 1.165) is 61.5 Å². The van der Waals surface area contributed by atoms with Gasteiger partial charge in [0.05, 0.1) is 13.2 Å². The van der Waals surface area contributed by atoms with Crippen LogP contribution < -0.4 is 20.5 Å². The summed E-state index contributed by atoms with van der Waals surface area (Å²) in [5, 5.41) is 2.77. The Kier molecular flexibility index (Phi) is 13.0. The molecular formula is C24H36N2O3. The maximum absolute atomic E-state index is 10.8. The van der Waals surface area contributed by atoms with E-state index < -0.39 is 0 Å². The lowest BCUT2D eigenvalue weighted by molar-refractivity contribution is -0.119. The van der Waals surface area contributed by atoms with Gasteiger partial charge in [0.15, 0.2) is 0 Å². The van der Waals surface area contributed by atoms with Gasteiger partial charge in [0, 0.05) is 31.1 Å². The van der Waals surface area contributed by atoms with E-state index in [1.54, 1.807) is 0 Å². The van der Waals surface area contributed by atoms with Crippen molar-refractivity contribution >= 4 is 5.91 Å². The molecule has 0 fully saturated rings. The second-order valence-corrected chi connectivity index (χ2v) is 6.73. The molecule has 0 aromatic heterocycles. The molecular weight excluding hydrogens is 364 g/mol. The quantitative estimate of drug-likeness (QED) is 0.530. The third kappa shape index (κ3) is 10.5. The number of carbonyl (C=O) groups excluding carboxylic acids is 1. The van der Waals surface area contributed by atoms with Crippen LogP contribution in [0.2, 0.25) is 0 Å².